The molecule has 0 saturated heterocycles. The summed E-state index contributed by atoms with van der Waals surface area (Å²) in [7, 11) is 3.83. The molecule has 1 unspecified atom stereocenters. The van der Waals surface area contributed by atoms with Crippen molar-refractivity contribution >= 4 is 5.78 Å². The number of carbonyl (C=O) groups is 1. The molecule has 5 nitrogen and oxygen atoms in total. The Hall–Kier alpha value is -2.27. The third-order valence-electron chi connectivity index (χ3n) is 6.12. The van der Waals surface area contributed by atoms with Gasteiger partial charge < -0.3 is 19.1 Å². The summed E-state index contributed by atoms with van der Waals surface area (Å²) in [6, 6.07) is 2.16. The van der Waals surface area contributed by atoms with Gasteiger partial charge in [-0.3, -0.25) is 4.79 Å². The van der Waals surface area contributed by atoms with Gasteiger partial charge in [-0.25, -0.2) is 0 Å². The number of quaternary nitrogens is 1. The summed E-state index contributed by atoms with van der Waals surface area (Å²) >= 11 is 0. The predicted octanol–water partition coefficient (Wildman–Crippen LogP) is 3.97. The van der Waals surface area contributed by atoms with Gasteiger partial charge >= 0.3 is 0 Å². The van der Waals surface area contributed by atoms with Gasteiger partial charge in [0.1, 0.15) is 11.8 Å². The summed E-state index contributed by atoms with van der Waals surface area (Å²) in [6.45, 7) is 7.63. The van der Waals surface area contributed by atoms with Crippen molar-refractivity contribution in [3.8, 4) is 17.2 Å². The number of rotatable bonds is 9. The van der Waals surface area contributed by atoms with Crippen LogP contribution in [0, 0.1) is 0 Å². The molecule has 3 rings (SSSR count). The molecule has 0 bridgehead atoms. The van der Waals surface area contributed by atoms with Gasteiger partial charge in [-0.2, -0.15) is 0 Å². The zero-order chi connectivity index (χ0) is 21.7. The first-order valence-corrected chi connectivity index (χ1v) is 11.0. The van der Waals surface area contributed by atoms with Crippen molar-refractivity contribution in [2.75, 3.05) is 27.5 Å². The number of benzene rings is 1. The van der Waals surface area contributed by atoms with Gasteiger partial charge in [-0.05, 0) is 51.7 Å². The topological polar surface area (TPSA) is 49.2 Å². The Morgan fingerprint density at radius 2 is 1.97 bits per heavy atom. The number of hydrogen-bond donors (Lipinski definition) is 1. The maximum absolute atomic E-state index is 12.8. The summed E-state index contributed by atoms with van der Waals surface area (Å²) < 4.78 is 17.0. The van der Waals surface area contributed by atoms with E-state index in [0.29, 0.717) is 24.4 Å². The van der Waals surface area contributed by atoms with Gasteiger partial charge in [0, 0.05) is 12.8 Å². The van der Waals surface area contributed by atoms with Crippen molar-refractivity contribution in [1.82, 2.24) is 0 Å². The minimum absolute atomic E-state index is 0.0912. The van der Waals surface area contributed by atoms with Crippen LogP contribution in [0.4, 0.5) is 0 Å². The van der Waals surface area contributed by atoms with Crippen LogP contribution in [0.15, 0.2) is 29.4 Å². The van der Waals surface area contributed by atoms with Gasteiger partial charge in [0.05, 0.1) is 32.7 Å². The number of likely N-dealkylation sites (N-methyl/N-ethyl adjacent to an activating group) is 1. The minimum atomic E-state index is 0.0912. The molecule has 1 N–H and O–H groups in total. The lowest BCUT2D eigenvalue weighted by Crippen LogP contribution is -3.10. The molecule has 2 aliphatic heterocycles. The molecule has 0 spiro atoms. The van der Waals surface area contributed by atoms with E-state index in [2.05, 4.69) is 46.0 Å². The molecule has 0 aromatic heterocycles. The van der Waals surface area contributed by atoms with Crippen LogP contribution < -0.4 is 19.1 Å². The van der Waals surface area contributed by atoms with Crippen molar-refractivity contribution in [3.63, 3.8) is 0 Å². The highest BCUT2D eigenvalue weighted by molar-refractivity contribution is 5.79. The van der Waals surface area contributed by atoms with Gasteiger partial charge in [0.2, 0.25) is 12.5 Å². The number of hydrogen-bond acceptors (Lipinski definition) is 4. The Morgan fingerprint density at radius 1 is 1.20 bits per heavy atom. The second-order valence-corrected chi connectivity index (χ2v) is 8.77. The second-order valence-electron chi connectivity index (χ2n) is 8.77. The molecule has 164 valence electrons. The van der Waals surface area contributed by atoms with Crippen LogP contribution in [0.3, 0.4) is 0 Å². The van der Waals surface area contributed by atoms with E-state index in [9.17, 15) is 4.79 Å². The third kappa shape index (κ3) is 5.25. The monoisotopic (exact) mass is 414 g/mol. The van der Waals surface area contributed by atoms with Gasteiger partial charge in [0.15, 0.2) is 11.5 Å². The number of ether oxygens (including phenoxy) is 3. The maximum Gasteiger partial charge on any atom is 0.231 e. The molecule has 2 aliphatic rings. The first kappa shape index (κ1) is 22.4. The average molecular weight is 415 g/mol. The molecule has 2 heterocycles. The van der Waals surface area contributed by atoms with E-state index in [1.165, 1.54) is 21.6 Å². The van der Waals surface area contributed by atoms with Crippen LogP contribution in [-0.4, -0.2) is 33.3 Å². The normalized spacial score (nSPS) is 20.0. The number of Topliss-reactive ketones (excluding diaryl/α,β-unsaturated/α-hetero) is 1. The number of carbonyl (C=O) groups excluding carboxylic acids is 1. The zero-order valence-electron chi connectivity index (χ0n) is 19.1. The highest BCUT2D eigenvalue weighted by Gasteiger charge is 2.37. The molecule has 0 radical (unpaired) electrons. The fourth-order valence-corrected chi connectivity index (χ4v) is 4.40. The van der Waals surface area contributed by atoms with E-state index >= 15 is 0 Å². The van der Waals surface area contributed by atoms with Crippen molar-refractivity contribution < 1.29 is 23.9 Å². The quantitative estimate of drug-likeness (QED) is 0.621. The minimum Gasteiger partial charge on any atom is -0.492 e. The summed E-state index contributed by atoms with van der Waals surface area (Å²) in [5, 5.41) is 0. The number of fused-ring (bicyclic) bond motifs is 2. The molecule has 0 saturated carbocycles. The number of ketones is 1. The van der Waals surface area contributed by atoms with E-state index in [4.69, 9.17) is 14.2 Å². The Labute approximate surface area is 180 Å². The third-order valence-corrected chi connectivity index (χ3v) is 6.12. The van der Waals surface area contributed by atoms with Gasteiger partial charge in [-0.15, -0.1) is 0 Å². The summed E-state index contributed by atoms with van der Waals surface area (Å²) in [5.74, 6) is 2.48. The van der Waals surface area contributed by atoms with Gasteiger partial charge in [-0.1, -0.05) is 23.3 Å². The SMILES string of the molecule is COc1c2c(cc3c1[C@@H](CC(=O)CC/C=C(\C)CCC=C(C)C)[NH+](C)CC3)OCO2. The Kier molecular flexibility index (Phi) is 7.59. The van der Waals surface area contributed by atoms with E-state index in [1.807, 2.05) is 0 Å². The van der Waals surface area contributed by atoms with Crippen molar-refractivity contribution in [2.45, 2.75) is 65.3 Å². The summed E-state index contributed by atoms with van der Waals surface area (Å²) in [5.41, 5.74) is 5.05. The first-order valence-electron chi connectivity index (χ1n) is 11.0. The lowest BCUT2D eigenvalue weighted by Gasteiger charge is -2.32. The molecule has 1 aromatic rings. The van der Waals surface area contributed by atoms with Crippen LogP contribution in [-0.2, 0) is 11.2 Å². The molecule has 2 atom stereocenters. The molecular formula is C25H36NO4+. The summed E-state index contributed by atoms with van der Waals surface area (Å²) in [6.07, 6.45) is 9.50. The predicted molar refractivity (Wildman–Crippen MR) is 119 cm³/mol. The van der Waals surface area contributed by atoms with Crippen LogP contribution >= 0.6 is 0 Å². The maximum atomic E-state index is 12.8. The van der Waals surface area contributed by atoms with E-state index in [-0.39, 0.29) is 12.8 Å². The lowest BCUT2D eigenvalue weighted by molar-refractivity contribution is -0.914. The molecule has 30 heavy (non-hydrogen) atoms. The standard InChI is InChI=1S/C25H35NO4/c1-17(2)8-6-9-18(3)10-7-11-20(27)15-21-23-19(12-13-26(21)4)14-22-24(25(23)28-5)30-16-29-22/h8,10,14,21H,6-7,9,11-13,15-16H2,1-5H3/p+1/b18-10+/t21-/m1/s1. The van der Waals surface area contributed by atoms with Gasteiger partial charge in [0.25, 0.3) is 0 Å². The zero-order valence-corrected chi connectivity index (χ0v) is 19.1. The summed E-state index contributed by atoms with van der Waals surface area (Å²) in [4.78, 5) is 14.2. The molecule has 0 amide bonds. The highest BCUT2D eigenvalue weighted by atomic mass is 16.7. The van der Waals surface area contributed by atoms with Crippen LogP contribution in [0.25, 0.3) is 0 Å². The van der Waals surface area contributed by atoms with Crippen LogP contribution in [0.2, 0.25) is 0 Å². The second kappa shape index (κ2) is 10.2. The fourth-order valence-electron chi connectivity index (χ4n) is 4.40. The van der Waals surface area contributed by atoms with Crippen molar-refractivity contribution in [1.29, 1.82) is 0 Å². The van der Waals surface area contributed by atoms with E-state index in [0.717, 1.165) is 49.3 Å². The molecular weight excluding hydrogens is 378 g/mol. The Morgan fingerprint density at radius 3 is 2.70 bits per heavy atom. The molecule has 0 fully saturated rings. The molecule has 5 heteroatoms. The van der Waals surface area contributed by atoms with Crippen molar-refractivity contribution in [3.05, 3.63) is 40.5 Å². The largest absolute Gasteiger partial charge is 0.492 e. The van der Waals surface area contributed by atoms with E-state index < -0.39 is 0 Å². The number of methoxy groups -OCH3 is 1. The van der Waals surface area contributed by atoms with E-state index in [1.54, 1.807) is 7.11 Å². The Bertz CT molecular complexity index is 836. The smallest absolute Gasteiger partial charge is 0.231 e. The molecule has 0 aliphatic carbocycles. The lowest BCUT2D eigenvalue weighted by atomic mass is 9.88. The number of allylic oxidation sites excluding steroid dienone is 4. The van der Waals surface area contributed by atoms with Crippen LogP contribution in [0.1, 0.15) is 70.0 Å². The van der Waals surface area contributed by atoms with Crippen LogP contribution in [0.5, 0.6) is 17.2 Å². The van der Waals surface area contributed by atoms with Crippen molar-refractivity contribution in [2.24, 2.45) is 0 Å². The number of nitrogens with one attached hydrogen (secondary N) is 1. The fraction of sp³-hybridized carbons (Fsp3) is 0.560. The molecule has 1 aromatic carbocycles. The highest BCUT2D eigenvalue weighted by Crippen LogP contribution is 2.47. The Balaban J connectivity index is 1.66. The average Bonchev–Trinajstić information content (AvgIpc) is 3.16. The first-order chi connectivity index (χ1) is 14.4.